The molecule has 3 rings (SSSR count). The summed E-state index contributed by atoms with van der Waals surface area (Å²) in [5, 5.41) is 0. The number of nitrogens with zero attached hydrogens (tertiary/aromatic N) is 2. The van der Waals surface area contributed by atoms with E-state index in [0.717, 1.165) is 19.5 Å². The number of ether oxygens (including phenoxy) is 2. The van der Waals surface area contributed by atoms with Crippen molar-refractivity contribution in [3.63, 3.8) is 0 Å². The van der Waals surface area contributed by atoms with Gasteiger partial charge >= 0.3 is 0 Å². The van der Waals surface area contributed by atoms with Crippen LogP contribution in [0.1, 0.15) is 6.42 Å². The highest BCUT2D eigenvalue weighted by Gasteiger charge is 2.48. The zero-order valence-electron chi connectivity index (χ0n) is 11.9. The summed E-state index contributed by atoms with van der Waals surface area (Å²) in [5.41, 5.74) is 0. The second kappa shape index (κ2) is 5.69. The average molecular weight is 282 g/mol. The smallest absolute Gasteiger partial charge is 0.228 e. The lowest BCUT2D eigenvalue weighted by Gasteiger charge is -2.23. The molecule has 0 bridgehead atoms. The fourth-order valence-corrected chi connectivity index (χ4v) is 3.51. The van der Waals surface area contributed by atoms with Crippen LogP contribution in [-0.2, 0) is 19.1 Å². The summed E-state index contributed by atoms with van der Waals surface area (Å²) in [6, 6.07) is 0. The van der Waals surface area contributed by atoms with Gasteiger partial charge < -0.3 is 19.3 Å². The highest BCUT2D eigenvalue weighted by atomic mass is 16.5. The van der Waals surface area contributed by atoms with Crippen LogP contribution < -0.4 is 0 Å². The molecule has 0 N–H and O–H groups in total. The molecule has 3 saturated heterocycles. The second-order valence-electron chi connectivity index (χ2n) is 5.95. The maximum atomic E-state index is 12.3. The van der Waals surface area contributed by atoms with Crippen LogP contribution in [0.3, 0.4) is 0 Å². The van der Waals surface area contributed by atoms with E-state index in [1.807, 2.05) is 9.80 Å². The van der Waals surface area contributed by atoms with E-state index in [1.165, 1.54) is 0 Å². The van der Waals surface area contributed by atoms with Gasteiger partial charge in [0.2, 0.25) is 11.8 Å². The first kappa shape index (κ1) is 13.8. The molecule has 20 heavy (non-hydrogen) atoms. The van der Waals surface area contributed by atoms with Gasteiger partial charge in [0.1, 0.15) is 0 Å². The van der Waals surface area contributed by atoms with E-state index in [0.29, 0.717) is 38.8 Å². The molecular formula is C14H22N2O4. The maximum absolute atomic E-state index is 12.3. The summed E-state index contributed by atoms with van der Waals surface area (Å²) in [5.74, 6) is 0.662. The first-order valence-corrected chi connectivity index (χ1v) is 7.35. The third kappa shape index (κ3) is 2.42. The average Bonchev–Trinajstić information content (AvgIpc) is 3.14. The van der Waals surface area contributed by atoms with Gasteiger partial charge in [-0.15, -0.1) is 0 Å². The first-order chi connectivity index (χ1) is 9.70. The third-order valence-corrected chi connectivity index (χ3v) is 4.68. The number of fused-ring (bicyclic) bond motifs is 1. The molecule has 112 valence electrons. The van der Waals surface area contributed by atoms with E-state index >= 15 is 0 Å². The predicted octanol–water partition coefficient (Wildman–Crippen LogP) is -0.414. The Kier molecular flexibility index (Phi) is 3.94. The number of hydrogen-bond donors (Lipinski definition) is 0. The molecule has 0 aromatic rings. The summed E-state index contributed by atoms with van der Waals surface area (Å²) in [6.07, 6.45) is 0.818. The minimum Gasteiger partial charge on any atom is -0.383 e. The standard InChI is InChI=1S/C14H22N2O4/c1-19-5-3-15-6-11-7-16(8-12(11)14(15)18)13(17)10-2-4-20-9-10/h10-12H,2-9H2,1H3/t10?,11-,12+/m1/s1. The van der Waals surface area contributed by atoms with E-state index in [-0.39, 0.29) is 23.7 Å². The fourth-order valence-electron chi connectivity index (χ4n) is 3.51. The topological polar surface area (TPSA) is 59.1 Å². The van der Waals surface area contributed by atoms with Gasteiger partial charge in [-0.3, -0.25) is 9.59 Å². The molecule has 6 nitrogen and oxygen atoms in total. The maximum Gasteiger partial charge on any atom is 0.228 e. The highest BCUT2D eigenvalue weighted by molar-refractivity contribution is 5.85. The SMILES string of the molecule is COCCN1C[C@@H]2CN(C(=O)C3CCOC3)C[C@@H]2C1=O. The molecule has 0 aromatic carbocycles. The molecule has 0 spiro atoms. The Morgan fingerprint density at radius 3 is 2.90 bits per heavy atom. The minimum absolute atomic E-state index is 0.00173. The van der Waals surface area contributed by atoms with Crippen molar-refractivity contribution in [2.45, 2.75) is 6.42 Å². The highest BCUT2D eigenvalue weighted by Crippen LogP contribution is 2.33. The Hall–Kier alpha value is -1.14. The molecule has 3 heterocycles. The van der Waals surface area contributed by atoms with Gasteiger partial charge in [-0.2, -0.15) is 0 Å². The van der Waals surface area contributed by atoms with E-state index < -0.39 is 0 Å². The molecule has 2 amide bonds. The van der Waals surface area contributed by atoms with E-state index in [4.69, 9.17) is 9.47 Å². The van der Waals surface area contributed by atoms with E-state index in [9.17, 15) is 9.59 Å². The number of rotatable bonds is 4. The minimum atomic E-state index is -0.00173. The number of methoxy groups -OCH3 is 1. The Morgan fingerprint density at radius 1 is 1.40 bits per heavy atom. The Balaban J connectivity index is 1.56. The van der Waals surface area contributed by atoms with Gasteiger partial charge in [0.05, 0.1) is 25.0 Å². The number of likely N-dealkylation sites (tertiary alicyclic amines) is 2. The molecule has 0 radical (unpaired) electrons. The van der Waals surface area contributed by atoms with Crippen molar-refractivity contribution in [1.82, 2.24) is 9.80 Å². The predicted molar refractivity (Wildman–Crippen MR) is 70.9 cm³/mol. The van der Waals surface area contributed by atoms with Gasteiger partial charge in [-0.1, -0.05) is 0 Å². The monoisotopic (exact) mass is 282 g/mol. The molecule has 0 saturated carbocycles. The van der Waals surface area contributed by atoms with E-state index in [1.54, 1.807) is 7.11 Å². The van der Waals surface area contributed by atoms with Gasteiger partial charge in [-0.25, -0.2) is 0 Å². The summed E-state index contributed by atoms with van der Waals surface area (Å²) in [4.78, 5) is 28.4. The van der Waals surface area contributed by atoms with Gasteiger partial charge in [0.25, 0.3) is 0 Å². The molecule has 1 unspecified atom stereocenters. The number of amides is 2. The van der Waals surface area contributed by atoms with Crippen molar-refractivity contribution in [3.8, 4) is 0 Å². The lowest BCUT2D eigenvalue weighted by molar-refractivity contribution is -0.136. The lowest BCUT2D eigenvalue weighted by Crippen LogP contribution is -2.39. The molecule has 3 aliphatic rings. The van der Waals surface area contributed by atoms with Crippen molar-refractivity contribution < 1.29 is 19.1 Å². The second-order valence-corrected chi connectivity index (χ2v) is 5.95. The Labute approximate surface area is 119 Å². The third-order valence-electron chi connectivity index (χ3n) is 4.68. The Morgan fingerprint density at radius 2 is 2.25 bits per heavy atom. The normalized spacial score (nSPS) is 33.0. The van der Waals surface area contributed by atoms with Crippen LogP contribution in [0.25, 0.3) is 0 Å². The summed E-state index contributed by atoms with van der Waals surface area (Å²) < 4.78 is 10.3. The number of carbonyl (C=O) groups is 2. The van der Waals surface area contributed by atoms with Crippen molar-refractivity contribution in [2.75, 3.05) is 53.1 Å². The van der Waals surface area contributed by atoms with Crippen LogP contribution in [0.5, 0.6) is 0 Å². The van der Waals surface area contributed by atoms with Gasteiger partial charge in [0, 0.05) is 45.8 Å². The molecule has 3 fully saturated rings. The molecule has 0 aromatic heterocycles. The van der Waals surface area contributed by atoms with Crippen LogP contribution in [0.4, 0.5) is 0 Å². The number of hydrogen-bond acceptors (Lipinski definition) is 4. The molecule has 0 aliphatic carbocycles. The summed E-state index contributed by atoms with van der Waals surface area (Å²) in [7, 11) is 1.64. The molecular weight excluding hydrogens is 260 g/mol. The fraction of sp³-hybridized carbons (Fsp3) is 0.857. The van der Waals surface area contributed by atoms with Crippen LogP contribution in [-0.4, -0.2) is 74.7 Å². The van der Waals surface area contributed by atoms with E-state index in [2.05, 4.69) is 0 Å². The van der Waals surface area contributed by atoms with Crippen molar-refractivity contribution in [3.05, 3.63) is 0 Å². The largest absolute Gasteiger partial charge is 0.383 e. The molecule has 3 atom stereocenters. The van der Waals surface area contributed by atoms with Crippen LogP contribution in [0, 0.1) is 17.8 Å². The summed E-state index contributed by atoms with van der Waals surface area (Å²) in [6.45, 7) is 4.52. The lowest BCUT2D eigenvalue weighted by atomic mass is 10.0. The van der Waals surface area contributed by atoms with Crippen molar-refractivity contribution in [2.24, 2.45) is 17.8 Å². The van der Waals surface area contributed by atoms with Gasteiger partial charge in [0.15, 0.2) is 0 Å². The van der Waals surface area contributed by atoms with Crippen LogP contribution in [0.15, 0.2) is 0 Å². The van der Waals surface area contributed by atoms with Crippen molar-refractivity contribution >= 4 is 11.8 Å². The van der Waals surface area contributed by atoms with Crippen LogP contribution in [0.2, 0.25) is 0 Å². The first-order valence-electron chi connectivity index (χ1n) is 7.35. The van der Waals surface area contributed by atoms with Crippen molar-refractivity contribution in [1.29, 1.82) is 0 Å². The van der Waals surface area contributed by atoms with Crippen LogP contribution >= 0.6 is 0 Å². The molecule has 3 aliphatic heterocycles. The zero-order valence-corrected chi connectivity index (χ0v) is 11.9. The quantitative estimate of drug-likeness (QED) is 0.703. The van der Waals surface area contributed by atoms with Gasteiger partial charge in [-0.05, 0) is 6.42 Å². The molecule has 6 heteroatoms. The number of carbonyl (C=O) groups excluding carboxylic acids is 2. The Bertz CT molecular complexity index is 395. The zero-order chi connectivity index (χ0) is 14.1. The summed E-state index contributed by atoms with van der Waals surface area (Å²) >= 11 is 0.